The van der Waals surface area contributed by atoms with Crippen LogP contribution in [-0.2, 0) is 6.18 Å². The molecule has 0 amide bonds. The number of aldehydes is 1. The summed E-state index contributed by atoms with van der Waals surface area (Å²) in [5.41, 5.74) is -0.795. The van der Waals surface area contributed by atoms with E-state index in [9.17, 15) is 18.0 Å². The van der Waals surface area contributed by atoms with Crippen LogP contribution in [0.5, 0.6) is 0 Å². The van der Waals surface area contributed by atoms with E-state index in [1.165, 1.54) is 12.1 Å². The van der Waals surface area contributed by atoms with Gasteiger partial charge >= 0.3 is 6.18 Å². The van der Waals surface area contributed by atoms with Crippen LogP contribution in [0.1, 0.15) is 15.9 Å². The van der Waals surface area contributed by atoms with Crippen molar-refractivity contribution in [2.24, 2.45) is 0 Å². The molecular weight excluding hydrogens is 353 g/mol. The Hall–Kier alpha value is -1.27. The number of alkyl halides is 3. The van der Waals surface area contributed by atoms with Gasteiger partial charge in [-0.2, -0.15) is 13.2 Å². The largest absolute Gasteiger partial charge is 0.417 e. The van der Waals surface area contributed by atoms with Crippen molar-refractivity contribution in [2.45, 2.75) is 16.0 Å². The van der Waals surface area contributed by atoms with Crippen molar-refractivity contribution in [3.05, 3.63) is 58.1 Å². The van der Waals surface area contributed by atoms with Gasteiger partial charge in [-0.1, -0.05) is 30.0 Å². The third kappa shape index (κ3) is 3.43. The monoisotopic (exact) mass is 360 g/mol. The first-order valence-electron chi connectivity index (χ1n) is 5.50. The number of halogens is 4. The van der Waals surface area contributed by atoms with E-state index < -0.39 is 11.7 Å². The van der Waals surface area contributed by atoms with Crippen molar-refractivity contribution in [1.82, 2.24) is 0 Å². The van der Waals surface area contributed by atoms with E-state index in [2.05, 4.69) is 15.9 Å². The summed E-state index contributed by atoms with van der Waals surface area (Å²) >= 11 is 4.30. The summed E-state index contributed by atoms with van der Waals surface area (Å²) in [4.78, 5) is 11.4. The minimum absolute atomic E-state index is 0.00815. The Morgan fingerprint density at radius 3 is 2.35 bits per heavy atom. The average molecular weight is 361 g/mol. The van der Waals surface area contributed by atoms with E-state index in [1.807, 2.05) is 0 Å². The first-order chi connectivity index (χ1) is 9.41. The number of hydrogen-bond donors (Lipinski definition) is 0. The zero-order valence-electron chi connectivity index (χ0n) is 9.95. The normalized spacial score (nSPS) is 11.4. The lowest BCUT2D eigenvalue weighted by Crippen LogP contribution is -2.07. The first kappa shape index (κ1) is 15.1. The number of benzene rings is 2. The molecule has 0 unspecified atom stereocenters. The van der Waals surface area contributed by atoms with Crippen molar-refractivity contribution in [3.8, 4) is 0 Å². The van der Waals surface area contributed by atoms with Gasteiger partial charge in [0.05, 0.1) is 5.56 Å². The van der Waals surface area contributed by atoms with Gasteiger partial charge in [-0.15, -0.1) is 0 Å². The molecule has 0 aliphatic heterocycles. The second kappa shape index (κ2) is 6.01. The average Bonchev–Trinajstić information content (AvgIpc) is 2.40. The molecule has 0 atom stereocenters. The van der Waals surface area contributed by atoms with Crippen LogP contribution in [0.2, 0.25) is 0 Å². The van der Waals surface area contributed by atoms with E-state index in [0.717, 1.165) is 22.3 Å². The highest BCUT2D eigenvalue weighted by molar-refractivity contribution is 9.10. The van der Waals surface area contributed by atoms with Crippen LogP contribution in [0.3, 0.4) is 0 Å². The molecule has 0 aliphatic rings. The van der Waals surface area contributed by atoms with Crippen LogP contribution in [0.4, 0.5) is 13.2 Å². The quantitative estimate of drug-likeness (QED) is 0.678. The molecule has 0 N–H and O–H groups in total. The fourth-order valence-corrected chi connectivity index (χ4v) is 3.07. The Morgan fingerprint density at radius 2 is 1.75 bits per heavy atom. The zero-order chi connectivity index (χ0) is 14.8. The molecule has 0 saturated carbocycles. The van der Waals surface area contributed by atoms with Gasteiger partial charge in [-0.3, -0.25) is 4.79 Å². The number of carbonyl (C=O) groups excluding carboxylic acids is 1. The maximum atomic E-state index is 13.0. The second-order valence-electron chi connectivity index (χ2n) is 3.90. The molecule has 0 bridgehead atoms. The summed E-state index contributed by atoms with van der Waals surface area (Å²) in [5.74, 6) is 0. The van der Waals surface area contributed by atoms with Crippen molar-refractivity contribution in [3.63, 3.8) is 0 Å². The van der Waals surface area contributed by atoms with E-state index in [0.29, 0.717) is 11.2 Å². The highest BCUT2D eigenvalue weighted by Gasteiger charge is 2.34. The molecule has 1 nitrogen and oxygen atoms in total. The summed E-state index contributed by atoms with van der Waals surface area (Å²) in [6.07, 6.45) is -4.09. The second-order valence-corrected chi connectivity index (χ2v) is 5.84. The van der Waals surface area contributed by atoms with Gasteiger partial charge < -0.3 is 0 Å². The third-order valence-corrected chi connectivity index (χ3v) is 4.61. The Balaban J connectivity index is 2.46. The van der Waals surface area contributed by atoms with Crippen molar-refractivity contribution < 1.29 is 18.0 Å². The lowest BCUT2D eigenvalue weighted by molar-refractivity contribution is -0.139. The SMILES string of the molecule is O=Cc1ccc(Sc2ccccc2Br)c(C(F)(F)F)c1. The fraction of sp³-hybridized carbons (Fsp3) is 0.0714. The first-order valence-corrected chi connectivity index (χ1v) is 7.11. The predicted octanol–water partition coefficient (Wildman–Crippen LogP) is 5.43. The van der Waals surface area contributed by atoms with E-state index in [-0.39, 0.29) is 10.5 Å². The Morgan fingerprint density at radius 1 is 1.05 bits per heavy atom. The van der Waals surface area contributed by atoms with Crippen molar-refractivity contribution in [1.29, 1.82) is 0 Å². The highest BCUT2D eigenvalue weighted by Crippen LogP contribution is 2.41. The van der Waals surface area contributed by atoms with Gasteiger partial charge in [-0.25, -0.2) is 0 Å². The van der Waals surface area contributed by atoms with E-state index in [1.54, 1.807) is 24.3 Å². The molecule has 20 heavy (non-hydrogen) atoms. The molecule has 0 heterocycles. The lowest BCUT2D eigenvalue weighted by Gasteiger charge is -2.13. The maximum Gasteiger partial charge on any atom is 0.417 e. The Bertz CT molecular complexity index is 641. The van der Waals surface area contributed by atoms with Crippen LogP contribution < -0.4 is 0 Å². The highest BCUT2D eigenvalue weighted by atomic mass is 79.9. The summed E-state index contributed by atoms with van der Waals surface area (Å²) in [6, 6.07) is 10.6. The van der Waals surface area contributed by atoms with Crippen LogP contribution in [0, 0.1) is 0 Å². The number of rotatable bonds is 3. The number of carbonyl (C=O) groups is 1. The molecule has 0 saturated heterocycles. The molecule has 2 aromatic carbocycles. The van der Waals surface area contributed by atoms with Crippen molar-refractivity contribution in [2.75, 3.05) is 0 Å². The lowest BCUT2D eigenvalue weighted by atomic mass is 10.1. The van der Waals surface area contributed by atoms with Crippen LogP contribution >= 0.6 is 27.7 Å². The van der Waals surface area contributed by atoms with Gasteiger partial charge in [0.1, 0.15) is 6.29 Å². The molecule has 6 heteroatoms. The number of hydrogen-bond acceptors (Lipinski definition) is 2. The third-order valence-electron chi connectivity index (χ3n) is 2.50. The molecular formula is C14H8BrF3OS. The summed E-state index contributed by atoms with van der Waals surface area (Å²) < 4.78 is 39.8. The van der Waals surface area contributed by atoms with Crippen LogP contribution in [0.15, 0.2) is 56.7 Å². The molecule has 0 spiro atoms. The minimum Gasteiger partial charge on any atom is -0.298 e. The summed E-state index contributed by atoms with van der Waals surface area (Å²) in [7, 11) is 0. The zero-order valence-corrected chi connectivity index (χ0v) is 12.3. The smallest absolute Gasteiger partial charge is 0.298 e. The maximum absolute atomic E-state index is 13.0. The minimum atomic E-state index is -4.50. The molecule has 2 aromatic rings. The van der Waals surface area contributed by atoms with Crippen molar-refractivity contribution >= 4 is 34.0 Å². The van der Waals surface area contributed by atoms with Crippen LogP contribution in [-0.4, -0.2) is 6.29 Å². The van der Waals surface area contributed by atoms with E-state index in [4.69, 9.17) is 0 Å². The Labute approximate surface area is 126 Å². The molecule has 104 valence electrons. The molecule has 0 aliphatic carbocycles. The topological polar surface area (TPSA) is 17.1 Å². The molecule has 0 fully saturated rings. The van der Waals surface area contributed by atoms with Gasteiger partial charge in [0.15, 0.2) is 0 Å². The van der Waals surface area contributed by atoms with Crippen LogP contribution in [0.25, 0.3) is 0 Å². The summed E-state index contributed by atoms with van der Waals surface area (Å²) in [6.45, 7) is 0. The van der Waals surface area contributed by atoms with Gasteiger partial charge in [0.25, 0.3) is 0 Å². The van der Waals surface area contributed by atoms with Gasteiger partial charge in [0.2, 0.25) is 0 Å². The molecule has 0 radical (unpaired) electrons. The van der Waals surface area contributed by atoms with Gasteiger partial charge in [-0.05, 0) is 40.2 Å². The molecule has 2 rings (SSSR count). The predicted molar refractivity (Wildman–Crippen MR) is 75.1 cm³/mol. The van der Waals surface area contributed by atoms with E-state index >= 15 is 0 Å². The Kier molecular flexibility index (Phi) is 4.55. The van der Waals surface area contributed by atoms with Gasteiger partial charge in [0, 0.05) is 19.8 Å². The summed E-state index contributed by atoms with van der Waals surface area (Å²) in [5, 5.41) is 0. The standard InChI is InChI=1S/C14H8BrF3OS/c15-11-3-1-2-4-13(11)20-12-6-5-9(8-19)7-10(12)14(16,17)18/h1-8H. The fourth-order valence-electron chi connectivity index (χ4n) is 1.58. The molecule has 0 aromatic heterocycles.